The minimum Gasteiger partial charge on any atom is -0.493 e. The summed E-state index contributed by atoms with van der Waals surface area (Å²) in [5, 5.41) is 3.45. The number of benzene rings is 1. The molecular formula is C18H30Cl2N2O3. The highest BCUT2D eigenvalue weighted by Gasteiger charge is 2.33. The molecule has 2 aliphatic heterocycles. The van der Waals surface area contributed by atoms with Gasteiger partial charge in [0.1, 0.15) is 0 Å². The largest absolute Gasteiger partial charge is 0.493 e. The zero-order valence-electron chi connectivity index (χ0n) is 15.0. The first kappa shape index (κ1) is 22.3. The predicted molar refractivity (Wildman–Crippen MR) is 105 cm³/mol. The van der Waals surface area contributed by atoms with E-state index >= 15 is 0 Å². The number of para-hydroxylation sites is 1. The second kappa shape index (κ2) is 11.1. The molecule has 5 nitrogen and oxygen atoms in total. The Labute approximate surface area is 163 Å². The third kappa shape index (κ3) is 5.14. The topological polar surface area (TPSA) is 43.0 Å². The number of nitrogens with one attached hydrogen (secondary N) is 1. The van der Waals surface area contributed by atoms with E-state index in [0.29, 0.717) is 12.0 Å². The van der Waals surface area contributed by atoms with Gasteiger partial charge in [-0.3, -0.25) is 4.90 Å². The number of ether oxygens (including phenoxy) is 3. The summed E-state index contributed by atoms with van der Waals surface area (Å²) in [6.45, 7) is 5.96. The summed E-state index contributed by atoms with van der Waals surface area (Å²) >= 11 is 0. The van der Waals surface area contributed by atoms with Gasteiger partial charge in [-0.15, -0.1) is 24.8 Å². The Morgan fingerprint density at radius 3 is 2.36 bits per heavy atom. The van der Waals surface area contributed by atoms with Crippen LogP contribution >= 0.6 is 24.8 Å². The van der Waals surface area contributed by atoms with Crippen molar-refractivity contribution in [3.8, 4) is 11.5 Å². The number of nitrogens with zero attached hydrogens (tertiary/aromatic N) is 1. The molecular weight excluding hydrogens is 363 g/mol. The zero-order chi connectivity index (χ0) is 16.1. The van der Waals surface area contributed by atoms with Crippen LogP contribution in [0.4, 0.5) is 0 Å². The highest BCUT2D eigenvalue weighted by Crippen LogP contribution is 2.42. The Morgan fingerprint density at radius 1 is 1.08 bits per heavy atom. The molecule has 1 N–H and O–H groups in total. The van der Waals surface area contributed by atoms with Crippen LogP contribution in [0.3, 0.4) is 0 Å². The maximum absolute atomic E-state index is 5.73. The molecule has 25 heavy (non-hydrogen) atoms. The van der Waals surface area contributed by atoms with Crippen LogP contribution in [-0.2, 0) is 4.74 Å². The van der Waals surface area contributed by atoms with Gasteiger partial charge in [0.05, 0.1) is 14.2 Å². The van der Waals surface area contributed by atoms with Crippen molar-refractivity contribution in [1.82, 2.24) is 10.2 Å². The van der Waals surface area contributed by atoms with E-state index in [0.717, 1.165) is 63.7 Å². The lowest BCUT2D eigenvalue weighted by Gasteiger charge is -2.41. The molecule has 0 aliphatic carbocycles. The fourth-order valence-electron chi connectivity index (χ4n) is 3.89. The quantitative estimate of drug-likeness (QED) is 0.834. The Bertz CT molecular complexity index is 489. The molecule has 0 amide bonds. The van der Waals surface area contributed by atoms with Crippen molar-refractivity contribution in [2.75, 3.05) is 53.6 Å². The summed E-state index contributed by atoms with van der Waals surface area (Å²) in [6.07, 6.45) is 2.21. The first-order valence-corrected chi connectivity index (χ1v) is 8.58. The van der Waals surface area contributed by atoms with Gasteiger partial charge < -0.3 is 19.5 Å². The molecule has 2 saturated heterocycles. The van der Waals surface area contributed by atoms with Gasteiger partial charge in [-0.2, -0.15) is 0 Å². The second-order valence-corrected chi connectivity index (χ2v) is 6.26. The Morgan fingerprint density at radius 2 is 1.76 bits per heavy atom. The number of rotatable bonds is 5. The molecule has 1 aromatic rings. The van der Waals surface area contributed by atoms with Crippen LogP contribution in [0.5, 0.6) is 11.5 Å². The van der Waals surface area contributed by atoms with Gasteiger partial charge in [0.25, 0.3) is 0 Å². The SMILES string of the molecule is COc1cccc([C@@H](C2CCOCC2)N2CCNCC2)c1OC.Cl.Cl. The van der Waals surface area contributed by atoms with E-state index in [2.05, 4.69) is 22.3 Å². The standard InChI is InChI=1S/C18H28N2O3.2ClH/c1-21-16-5-3-4-15(18(16)22-2)17(14-6-12-23-13-7-14)20-10-8-19-9-11-20;;/h3-5,14,17,19H,6-13H2,1-2H3;2*1H/t17-;;/m1../s1. The van der Waals surface area contributed by atoms with Crippen LogP contribution < -0.4 is 14.8 Å². The molecule has 1 atom stereocenters. The van der Waals surface area contributed by atoms with Gasteiger partial charge in [-0.05, 0) is 24.8 Å². The van der Waals surface area contributed by atoms with E-state index in [1.165, 1.54) is 5.56 Å². The van der Waals surface area contributed by atoms with Gasteiger partial charge in [0.15, 0.2) is 11.5 Å². The van der Waals surface area contributed by atoms with Gasteiger partial charge in [0.2, 0.25) is 0 Å². The molecule has 2 aliphatic rings. The zero-order valence-corrected chi connectivity index (χ0v) is 16.7. The van der Waals surface area contributed by atoms with Crippen molar-refractivity contribution < 1.29 is 14.2 Å². The van der Waals surface area contributed by atoms with Crippen molar-refractivity contribution >= 4 is 24.8 Å². The van der Waals surface area contributed by atoms with Crippen LogP contribution in [0.25, 0.3) is 0 Å². The van der Waals surface area contributed by atoms with Crippen LogP contribution in [-0.4, -0.2) is 58.5 Å². The molecule has 0 unspecified atom stereocenters. The number of hydrogen-bond acceptors (Lipinski definition) is 5. The monoisotopic (exact) mass is 392 g/mol. The van der Waals surface area contributed by atoms with Crippen molar-refractivity contribution in [3.63, 3.8) is 0 Å². The lowest BCUT2D eigenvalue weighted by atomic mass is 9.85. The lowest BCUT2D eigenvalue weighted by Crippen LogP contribution is -2.47. The first-order valence-electron chi connectivity index (χ1n) is 8.58. The van der Waals surface area contributed by atoms with Crippen LogP contribution in [0.1, 0.15) is 24.4 Å². The molecule has 1 aromatic carbocycles. The molecule has 7 heteroatoms. The molecule has 0 bridgehead atoms. The van der Waals surface area contributed by atoms with Gasteiger partial charge in [0, 0.05) is 51.0 Å². The molecule has 144 valence electrons. The Hall–Kier alpha value is -0.720. The van der Waals surface area contributed by atoms with Crippen LogP contribution in [0, 0.1) is 5.92 Å². The third-order valence-electron chi connectivity index (χ3n) is 5.01. The van der Waals surface area contributed by atoms with Crippen LogP contribution in [0.15, 0.2) is 18.2 Å². The minimum atomic E-state index is 0. The molecule has 0 spiro atoms. The van der Waals surface area contributed by atoms with E-state index in [9.17, 15) is 0 Å². The fraction of sp³-hybridized carbons (Fsp3) is 0.667. The number of piperazine rings is 1. The highest BCUT2D eigenvalue weighted by molar-refractivity contribution is 5.85. The fourth-order valence-corrected chi connectivity index (χ4v) is 3.89. The summed E-state index contributed by atoms with van der Waals surface area (Å²) < 4.78 is 16.8. The molecule has 0 aromatic heterocycles. The number of methoxy groups -OCH3 is 2. The normalized spacial score (nSPS) is 20.1. The first-order chi connectivity index (χ1) is 11.3. The summed E-state index contributed by atoms with van der Waals surface area (Å²) in [7, 11) is 3.44. The maximum atomic E-state index is 5.73. The molecule has 0 radical (unpaired) electrons. The summed E-state index contributed by atoms with van der Waals surface area (Å²) in [5.41, 5.74) is 1.25. The average Bonchev–Trinajstić information content (AvgIpc) is 2.63. The van der Waals surface area contributed by atoms with Crippen LogP contribution in [0.2, 0.25) is 0 Å². The Balaban J connectivity index is 0.00000156. The van der Waals surface area contributed by atoms with E-state index in [-0.39, 0.29) is 24.8 Å². The van der Waals surface area contributed by atoms with Crippen molar-refractivity contribution in [2.45, 2.75) is 18.9 Å². The summed E-state index contributed by atoms with van der Waals surface area (Å²) in [4.78, 5) is 2.60. The summed E-state index contributed by atoms with van der Waals surface area (Å²) in [6, 6.07) is 6.61. The van der Waals surface area contributed by atoms with E-state index in [1.807, 2.05) is 6.07 Å². The lowest BCUT2D eigenvalue weighted by molar-refractivity contribution is 0.0205. The third-order valence-corrected chi connectivity index (χ3v) is 5.01. The number of halogens is 2. The maximum Gasteiger partial charge on any atom is 0.165 e. The number of hydrogen-bond donors (Lipinski definition) is 1. The van der Waals surface area contributed by atoms with E-state index < -0.39 is 0 Å². The van der Waals surface area contributed by atoms with Gasteiger partial charge in [-0.1, -0.05) is 12.1 Å². The smallest absolute Gasteiger partial charge is 0.165 e. The average molecular weight is 393 g/mol. The second-order valence-electron chi connectivity index (χ2n) is 6.26. The highest BCUT2D eigenvalue weighted by atomic mass is 35.5. The van der Waals surface area contributed by atoms with Gasteiger partial charge in [-0.25, -0.2) is 0 Å². The summed E-state index contributed by atoms with van der Waals surface area (Å²) in [5.74, 6) is 2.30. The predicted octanol–water partition coefficient (Wildman–Crippen LogP) is 2.92. The molecule has 2 heterocycles. The molecule has 2 fully saturated rings. The van der Waals surface area contributed by atoms with Crippen molar-refractivity contribution in [2.24, 2.45) is 5.92 Å². The molecule has 3 rings (SSSR count). The van der Waals surface area contributed by atoms with Crippen molar-refractivity contribution in [3.05, 3.63) is 23.8 Å². The molecule has 0 saturated carbocycles. The Kier molecular flexibility index (Phi) is 9.90. The minimum absolute atomic E-state index is 0. The van der Waals surface area contributed by atoms with E-state index in [4.69, 9.17) is 14.2 Å². The van der Waals surface area contributed by atoms with Crippen molar-refractivity contribution in [1.29, 1.82) is 0 Å². The van der Waals surface area contributed by atoms with Gasteiger partial charge >= 0.3 is 0 Å². The van der Waals surface area contributed by atoms with E-state index in [1.54, 1.807) is 14.2 Å².